The summed E-state index contributed by atoms with van der Waals surface area (Å²) in [5.74, 6) is 0. The van der Waals surface area contributed by atoms with Gasteiger partial charge in [-0.15, -0.1) is 0 Å². The molecule has 1 aromatic heterocycles. The normalized spacial score (nSPS) is 11.6. The predicted molar refractivity (Wildman–Crippen MR) is 73.6 cm³/mol. The minimum absolute atomic E-state index is 0.291. The van der Waals surface area contributed by atoms with Gasteiger partial charge in [0.15, 0.2) is 0 Å². The average molecular weight is 269 g/mol. The van der Waals surface area contributed by atoms with Gasteiger partial charge < -0.3 is 0 Å². The molecule has 19 heavy (non-hydrogen) atoms. The van der Waals surface area contributed by atoms with Crippen molar-refractivity contribution in [2.75, 3.05) is 0 Å². The molecule has 0 radical (unpaired) electrons. The molecule has 0 saturated heterocycles. The third kappa shape index (κ3) is 2.11. The smallest absolute Gasteiger partial charge is 0.206 e. The zero-order valence-corrected chi connectivity index (χ0v) is 10.8. The summed E-state index contributed by atoms with van der Waals surface area (Å²) in [6.07, 6.45) is 1.69. The zero-order chi connectivity index (χ0) is 13.3. The van der Waals surface area contributed by atoms with Gasteiger partial charge in [-0.05, 0) is 36.4 Å². The van der Waals surface area contributed by atoms with Gasteiger partial charge >= 0.3 is 0 Å². The summed E-state index contributed by atoms with van der Waals surface area (Å²) in [4.78, 5) is 4.78. The lowest BCUT2D eigenvalue weighted by Crippen LogP contribution is -2.01. The van der Waals surface area contributed by atoms with Crippen LogP contribution in [0.15, 0.2) is 76.7 Å². The molecular formula is C15H11NO2S. The first-order valence-electron chi connectivity index (χ1n) is 5.83. The minimum Gasteiger partial charge on any atom is -0.256 e. The Morgan fingerprint density at radius 1 is 0.789 bits per heavy atom. The Hall–Kier alpha value is -2.20. The lowest BCUT2D eigenvalue weighted by atomic mass is 10.2. The van der Waals surface area contributed by atoms with E-state index in [2.05, 4.69) is 4.98 Å². The van der Waals surface area contributed by atoms with E-state index in [1.807, 2.05) is 6.07 Å². The highest BCUT2D eigenvalue weighted by molar-refractivity contribution is 7.91. The molecule has 0 amide bonds. The molecule has 0 bridgehead atoms. The molecule has 0 N–H and O–H groups in total. The number of hydrogen-bond acceptors (Lipinski definition) is 3. The van der Waals surface area contributed by atoms with Crippen LogP contribution in [0.2, 0.25) is 0 Å². The molecule has 0 saturated carbocycles. The van der Waals surface area contributed by atoms with Crippen molar-refractivity contribution >= 4 is 20.7 Å². The Bertz CT molecular complexity index is 827. The molecule has 0 spiro atoms. The van der Waals surface area contributed by atoms with Crippen molar-refractivity contribution in [2.24, 2.45) is 0 Å². The summed E-state index contributed by atoms with van der Waals surface area (Å²) in [6, 6.07) is 17.1. The number of rotatable bonds is 2. The first-order valence-corrected chi connectivity index (χ1v) is 7.31. The Kier molecular flexibility index (Phi) is 2.80. The first kappa shape index (κ1) is 11.9. The van der Waals surface area contributed by atoms with Crippen LogP contribution in [0.3, 0.4) is 0 Å². The van der Waals surface area contributed by atoms with Gasteiger partial charge in [0.1, 0.15) is 0 Å². The highest BCUT2D eigenvalue weighted by Gasteiger charge is 2.17. The van der Waals surface area contributed by atoms with Crippen LogP contribution in [0.4, 0.5) is 0 Å². The molecule has 94 valence electrons. The van der Waals surface area contributed by atoms with E-state index >= 15 is 0 Å². The summed E-state index contributed by atoms with van der Waals surface area (Å²) in [6.45, 7) is 0. The van der Waals surface area contributed by atoms with E-state index in [9.17, 15) is 8.42 Å². The van der Waals surface area contributed by atoms with Gasteiger partial charge in [-0.2, -0.15) is 0 Å². The van der Waals surface area contributed by atoms with Crippen LogP contribution in [0.1, 0.15) is 0 Å². The fourth-order valence-corrected chi connectivity index (χ4v) is 3.27. The van der Waals surface area contributed by atoms with E-state index in [4.69, 9.17) is 0 Å². The van der Waals surface area contributed by atoms with Crippen LogP contribution in [-0.2, 0) is 9.84 Å². The van der Waals surface area contributed by atoms with Gasteiger partial charge in [0.05, 0.1) is 15.3 Å². The van der Waals surface area contributed by atoms with Crippen molar-refractivity contribution in [3.63, 3.8) is 0 Å². The molecule has 3 aromatic rings. The van der Waals surface area contributed by atoms with Crippen molar-refractivity contribution < 1.29 is 8.42 Å². The molecule has 3 nitrogen and oxygen atoms in total. The largest absolute Gasteiger partial charge is 0.256 e. The standard InChI is InChI=1S/C15H11NO2S/c17-19(18,13-6-2-1-3-7-13)14-8-9-15-12(11-14)5-4-10-16-15/h1-11H. The minimum atomic E-state index is -3.46. The molecule has 2 aromatic carbocycles. The van der Waals surface area contributed by atoms with E-state index in [0.717, 1.165) is 10.9 Å². The van der Waals surface area contributed by atoms with Crippen LogP contribution < -0.4 is 0 Å². The lowest BCUT2D eigenvalue weighted by Gasteiger charge is -2.05. The molecule has 0 aliphatic heterocycles. The van der Waals surface area contributed by atoms with Gasteiger partial charge in [0.25, 0.3) is 0 Å². The average Bonchev–Trinajstić information content (AvgIpc) is 2.47. The third-order valence-corrected chi connectivity index (χ3v) is 4.71. The summed E-state index contributed by atoms with van der Waals surface area (Å²) >= 11 is 0. The number of fused-ring (bicyclic) bond motifs is 1. The van der Waals surface area contributed by atoms with E-state index in [-0.39, 0.29) is 0 Å². The fourth-order valence-electron chi connectivity index (χ4n) is 1.96. The summed E-state index contributed by atoms with van der Waals surface area (Å²) in [7, 11) is -3.46. The molecule has 0 fully saturated rings. The molecule has 1 heterocycles. The Balaban J connectivity index is 2.19. The maximum Gasteiger partial charge on any atom is 0.206 e. The number of sulfone groups is 1. The zero-order valence-electron chi connectivity index (χ0n) is 10.0. The van der Waals surface area contributed by atoms with Gasteiger partial charge in [0, 0.05) is 11.6 Å². The van der Waals surface area contributed by atoms with E-state index in [0.29, 0.717) is 9.79 Å². The highest BCUT2D eigenvalue weighted by Crippen LogP contribution is 2.23. The van der Waals surface area contributed by atoms with Gasteiger partial charge in [0.2, 0.25) is 9.84 Å². The van der Waals surface area contributed by atoms with Crippen molar-refractivity contribution in [2.45, 2.75) is 9.79 Å². The number of aromatic nitrogens is 1. The predicted octanol–water partition coefficient (Wildman–Crippen LogP) is 3.07. The maximum absolute atomic E-state index is 12.5. The van der Waals surface area contributed by atoms with Crippen LogP contribution in [0.5, 0.6) is 0 Å². The molecule has 0 aliphatic rings. The number of benzene rings is 2. The van der Waals surface area contributed by atoms with Crippen molar-refractivity contribution in [3.8, 4) is 0 Å². The second-order valence-corrected chi connectivity index (χ2v) is 6.12. The van der Waals surface area contributed by atoms with E-state index in [1.54, 1.807) is 60.8 Å². The summed E-state index contributed by atoms with van der Waals surface area (Å²) in [5.41, 5.74) is 0.787. The SMILES string of the molecule is O=S(=O)(c1ccccc1)c1ccc2ncccc2c1. The second kappa shape index (κ2) is 4.48. The van der Waals surface area contributed by atoms with Gasteiger partial charge in [-0.3, -0.25) is 4.98 Å². The topological polar surface area (TPSA) is 47.0 Å². The third-order valence-electron chi connectivity index (χ3n) is 2.94. The highest BCUT2D eigenvalue weighted by atomic mass is 32.2. The van der Waals surface area contributed by atoms with Crippen molar-refractivity contribution in [1.82, 2.24) is 4.98 Å². The Morgan fingerprint density at radius 3 is 2.37 bits per heavy atom. The van der Waals surface area contributed by atoms with Gasteiger partial charge in [-0.25, -0.2) is 8.42 Å². The number of pyridine rings is 1. The van der Waals surface area contributed by atoms with Gasteiger partial charge in [-0.1, -0.05) is 24.3 Å². The van der Waals surface area contributed by atoms with Crippen LogP contribution >= 0.6 is 0 Å². The maximum atomic E-state index is 12.5. The lowest BCUT2D eigenvalue weighted by molar-refractivity contribution is 0.596. The Morgan fingerprint density at radius 2 is 1.58 bits per heavy atom. The molecular weight excluding hydrogens is 258 g/mol. The molecule has 3 rings (SSSR count). The summed E-state index contributed by atoms with van der Waals surface area (Å²) < 4.78 is 24.9. The number of hydrogen-bond donors (Lipinski definition) is 0. The number of nitrogens with zero attached hydrogens (tertiary/aromatic N) is 1. The van der Waals surface area contributed by atoms with Crippen molar-refractivity contribution in [3.05, 3.63) is 66.9 Å². The van der Waals surface area contributed by atoms with E-state index < -0.39 is 9.84 Å². The first-order chi connectivity index (χ1) is 9.18. The molecule has 0 aliphatic carbocycles. The summed E-state index contributed by atoms with van der Waals surface area (Å²) in [5, 5.41) is 0.819. The van der Waals surface area contributed by atoms with Crippen molar-refractivity contribution in [1.29, 1.82) is 0 Å². The van der Waals surface area contributed by atoms with Crippen LogP contribution in [0.25, 0.3) is 10.9 Å². The molecule has 0 unspecified atom stereocenters. The van der Waals surface area contributed by atoms with E-state index in [1.165, 1.54) is 0 Å². The molecule has 0 atom stereocenters. The second-order valence-electron chi connectivity index (χ2n) is 4.17. The monoisotopic (exact) mass is 269 g/mol. The van der Waals surface area contributed by atoms with Crippen LogP contribution in [0, 0.1) is 0 Å². The Labute approximate surface area is 111 Å². The fraction of sp³-hybridized carbons (Fsp3) is 0. The quantitative estimate of drug-likeness (QED) is 0.718. The van der Waals surface area contributed by atoms with Crippen LogP contribution in [-0.4, -0.2) is 13.4 Å². The molecule has 4 heteroatoms.